The zero-order chi connectivity index (χ0) is 23.3. The average Bonchev–Trinajstić information content (AvgIpc) is 2.85. The second-order valence-electron chi connectivity index (χ2n) is 9.61. The van der Waals surface area contributed by atoms with Gasteiger partial charge in [0.15, 0.2) is 0 Å². The summed E-state index contributed by atoms with van der Waals surface area (Å²) in [5, 5.41) is 0. The van der Waals surface area contributed by atoms with Crippen molar-refractivity contribution in [2.24, 2.45) is 5.92 Å². The van der Waals surface area contributed by atoms with Crippen LogP contribution in [-0.2, 0) is 0 Å². The second-order valence-corrected chi connectivity index (χ2v) is 9.61. The van der Waals surface area contributed by atoms with Crippen molar-refractivity contribution in [1.82, 2.24) is 0 Å². The van der Waals surface area contributed by atoms with Gasteiger partial charge in [0.2, 0.25) is 0 Å². The predicted octanol–water partition coefficient (Wildman–Crippen LogP) is 8.72. The third-order valence-corrected chi connectivity index (χ3v) is 6.98. The number of hydrogen-bond donors (Lipinski definition) is 0. The number of benzene rings is 2. The smallest absolute Gasteiger partial charge is 0.343 e. The van der Waals surface area contributed by atoms with Crippen LogP contribution in [0.3, 0.4) is 0 Å². The Morgan fingerprint density at radius 1 is 0.758 bits per heavy atom. The van der Waals surface area contributed by atoms with Gasteiger partial charge in [-0.3, -0.25) is 0 Å². The van der Waals surface area contributed by atoms with Crippen LogP contribution < -0.4 is 9.47 Å². The van der Waals surface area contributed by atoms with Gasteiger partial charge in [0, 0.05) is 0 Å². The Labute approximate surface area is 200 Å². The van der Waals surface area contributed by atoms with Crippen molar-refractivity contribution in [2.75, 3.05) is 6.61 Å². The minimum Gasteiger partial charge on any atom is -0.494 e. The lowest BCUT2D eigenvalue weighted by Crippen LogP contribution is -2.14. The minimum absolute atomic E-state index is 0.311. The Morgan fingerprint density at radius 3 is 2.06 bits per heavy atom. The molecule has 0 radical (unpaired) electrons. The van der Waals surface area contributed by atoms with Crippen LogP contribution in [0.15, 0.2) is 48.5 Å². The molecular weight excluding hydrogens is 408 g/mol. The van der Waals surface area contributed by atoms with E-state index in [0.29, 0.717) is 17.2 Å². The number of rotatable bonds is 13. The van der Waals surface area contributed by atoms with Crippen molar-refractivity contribution in [2.45, 2.75) is 96.8 Å². The maximum absolute atomic E-state index is 12.6. The highest BCUT2D eigenvalue weighted by Crippen LogP contribution is 2.37. The number of carbonyl (C=O) groups is 1. The minimum atomic E-state index is -0.311. The van der Waals surface area contributed by atoms with Gasteiger partial charge in [-0.05, 0) is 85.9 Å². The van der Waals surface area contributed by atoms with Gasteiger partial charge in [0.1, 0.15) is 11.5 Å². The molecule has 0 amide bonds. The summed E-state index contributed by atoms with van der Waals surface area (Å²) in [6.45, 7) is 5.21. The summed E-state index contributed by atoms with van der Waals surface area (Å²) >= 11 is 0. The van der Waals surface area contributed by atoms with Crippen LogP contribution in [0.1, 0.15) is 113 Å². The van der Waals surface area contributed by atoms with Gasteiger partial charge in [-0.15, -0.1) is 0 Å². The molecule has 2 aromatic rings. The molecule has 3 heteroatoms. The highest BCUT2D eigenvalue weighted by molar-refractivity contribution is 5.91. The molecule has 0 N–H and O–H groups in total. The van der Waals surface area contributed by atoms with E-state index in [2.05, 4.69) is 26.0 Å². The van der Waals surface area contributed by atoms with E-state index in [1.807, 2.05) is 24.3 Å². The molecule has 2 aromatic carbocycles. The van der Waals surface area contributed by atoms with Gasteiger partial charge in [0.25, 0.3) is 0 Å². The van der Waals surface area contributed by atoms with Crippen molar-refractivity contribution in [3.05, 3.63) is 59.7 Å². The summed E-state index contributed by atoms with van der Waals surface area (Å²) in [7, 11) is 0. The highest BCUT2D eigenvalue weighted by atomic mass is 16.5. The van der Waals surface area contributed by atoms with Crippen molar-refractivity contribution in [3.8, 4) is 11.5 Å². The standard InChI is InChI=1S/C30H42O3/c1-3-5-7-9-23-32-28-19-21-29(22-20-28)33-30(31)27-17-15-26(16-18-27)25-13-11-24(12-14-25)10-8-6-4-2/h15-22,24-25H,3-14,23H2,1-2H3. The molecule has 0 bridgehead atoms. The maximum atomic E-state index is 12.6. The molecular formula is C30H42O3. The first-order valence-corrected chi connectivity index (χ1v) is 13.2. The molecule has 0 spiro atoms. The number of hydrogen-bond acceptors (Lipinski definition) is 3. The molecule has 3 nitrogen and oxygen atoms in total. The van der Waals surface area contributed by atoms with Gasteiger partial charge in [0.05, 0.1) is 12.2 Å². The fourth-order valence-corrected chi connectivity index (χ4v) is 4.85. The molecule has 0 aromatic heterocycles. The third-order valence-electron chi connectivity index (χ3n) is 6.98. The molecule has 1 aliphatic carbocycles. The first kappa shape index (κ1) is 25.3. The SMILES string of the molecule is CCCCCCOc1ccc(OC(=O)c2ccc(C3CCC(CCCCC)CC3)cc2)cc1. The molecule has 180 valence electrons. The topological polar surface area (TPSA) is 35.5 Å². The number of ether oxygens (including phenoxy) is 2. The summed E-state index contributed by atoms with van der Waals surface area (Å²) in [6.07, 6.45) is 15.4. The molecule has 0 heterocycles. The zero-order valence-corrected chi connectivity index (χ0v) is 20.7. The van der Waals surface area contributed by atoms with Crippen LogP contribution in [0.2, 0.25) is 0 Å². The van der Waals surface area contributed by atoms with Crippen molar-refractivity contribution < 1.29 is 14.3 Å². The number of unbranched alkanes of at least 4 members (excludes halogenated alkanes) is 5. The molecule has 0 unspecified atom stereocenters. The summed E-state index contributed by atoms with van der Waals surface area (Å²) < 4.78 is 11.3. The van der Waals surface area contributed by atoms with Crippen molar-refractivity contribution in [1.29, 1.82) is 0 Å². The highest BCUT2D eigenvalue weighted by Gasteiger charge is 2.22. The lowest BCUT2D eigenvalue weighted by atomic mass is 9.77. The predicted molar refractivity (Wildman–Crippen MR) is 136 cm³/mol. The monoisotopic (exact) mass is 450 g/mol. The van der Waals surface area contributed by atoms with E-state index < -0.39 is 0 Å². The maximum Gasteiger partial charge on any atom is 0.343 e. The Hall–Kier alpha value is -2.29. The van der Waals surface area contributed by atoms with Crippen LogP contribution in [0.25, 0.3) is 0 Å². The van der Waals surface area contributed by atoms with Gasteiger partial charge in [-0.1, -0.05) is 70.9 Å². The van der Waals surface area contributed by atoms with Crippen LogP contribution in [0.5, 0.6) is 11.5 Å². The fourth-order valence-electron chi connectivity index (χ4n) is 4.85. The van der Waals surface area contributed by atoms with E-state index >= 15 is 0 Å². The van der Waals surface area contributed by atoms with E-state index in [1.165, 1.54) is 76.2 Å². The van der Waals surface area contributed by atoms with E-state index in [0.717, 1.165) is 24.7 Å². The van der Waals surface area contributed by atoms with Gasteiger partial charge in [-0.25, -0.2) is 4.79 Å². The fraction of sp³-hybridized carbons (Fsp3) is 0.567. The van der Waals surface area contributed by atoms with Crippen LogP contribution in [0.4, 0.5) is 0 Å². The lowest BCUT2D eigenvalue weighted by Gasteiger charge is -2.29. The van der Waals surface area contributed by atoms with Crippen molar-refractivity contribution in [3.63, 3.8) is 0 Å². The molecule has 0 saturated heterocycles. The summed E-state index contributed by atoms with van der Waals surface area (Å²) in [6, 6.07) is 15.4. The largest absolute Gasteiger partial charge is 0.494 e. The average molecular weight is 451 g/mol. The van der Waals surface area contributed by atoms with Crippen molar-refractivity contribution >= 4 is 5.97 Å². The number of carbonyl (C=O) groups excluding carboxylic acids is 1. The molecule has 1 saturated carbocycles. The molecule has 1 aliphatic rings. The molecule has 1 fully saturated rings. The lowest BCUT2D eigenvalue weighted by molar-refractivity contribution is 0.0734. The number of esters is 1. The summed E-state index contributed by atoms with van der Waals surface area (Å²) in [4.78, 5) is 12.6. The van der Waals surface area contributed by atoms with Gasteiger partial charge < -0.3 is 9.47 Å². The summed E-state index contributed by atoms with van der Waals surface area (Å²) in [5.74, 6) is 2.60. The zero-order valence-electron chi connectivity index (χ0n) is 20.7. The molecule has 0 atom stereocenters. The van der Waals surface area contributed by atoms with Gasteiger partial charge in [-0.2, -0.15) is 0 Å². The molecule has 33 heavy (non-hydrogen) atoms. The van der Waals surface area contributed by atoms with E-state index in [9.17, 15) is 4.79 Å². The Bertz CT molecular complexity index is 801. The van der Waals surface area contributed by atoms with E-state index in [1.54, 1.807) is 12.1 Å². The van der Waals surface area contributed by atoms with Crippen LogP contribution >= 0.6 is 0 Å². The van der Waals surface area contributed by atoms with Gasteiger partial charge >= 0.3 is 5.97 Å². The third kappa shape index (κ3) is 8.53. The first-order chi connectivity index (χ1) is 16.2. The Morgan fingerprint density at radius 2 is 1.39 bits per heavy atom. The molecule has 3 rings (SSSR count). The molecule has 0 aliphatic heterocycles. The van der Waals surface area contributed by atoms with Crippen LogP contribution in [-0.4, -0.2) is 12.6 Å². The Balaban J connectivity index is 1.43. The summed E-state index contributed by atoms with van der Waals surface area (Å²) in [5.41, 5.74) is 1.96. The second kappa shape index (κ2) is 14.1. The normalized spacial score (nSPS) is 18.1. The quantitative estimate of drug-likeness (QED) is 0.174. The van der Waals surface area contributed by atoms with Crippen LogP contribution in [0, 0.1) is 5.92 Å². The first-order valence-electron chi connectivity index (χ1n) is 13.2. The van der Waals surface area contributed by atoms with E-state index in [4.69, 9.17) is 9.47 Å². The Kier molecular flexibility index (Phi) is 10.8. The van der Waals surface area contributed by atoms with E-state index in [-0.39, 0.29) is 5.97 Å².